The van der Waals surface area contributed by atoms with Crippen molar-refractivity contribution in [1.29, 1.82) is 0 Å². The van der Waals surface area contributed by atoms with E-state index in [1.807, 2.05) is 25.1 Å². The molecule has 2 aromatic rings. The third kappa shape index (κ3) is 4.15. The van der Waals surface area contributed by atoms with Crippen molar-refractivity contribution in [3.05, 3.63) is 58.1 Å². The zero-order valence-electron chi connectivity index (χ0n) is 13.0. The van der Waals surface area contributed by atoms with E-state index in [1.54, 1.807) is 0 Å². The molecule has 0 heterocycles. The predicted octanol–water partition coefficient (Wildman–Crippen LogP) is 5.14. The summed E-state index contributed by atoms with van der Waals surface area (Å²) in [6.45, 7) is 8.95. The molecule has 1 N–H and O–H groups in total. The molecular weight excluding hydrogens is 282 g/mol. The van der Waals surface area contributed by atoms with Crippen molar-refractivity contribution in [2.45, 2.75) is 33.8 Å². The van der Waals surface area contributed by atoms with Crippen molar-refractivity contribution in [3.63, 3.8) is 0 Å². The minimum absolute atomic E-state index is 0.0730. The topological polar surface area (TPSA) is 21.3 Å². The SMILES string of the molecule is Cc1ccc(C)c(OC(C)CNc2cccc(Cl)c2C)c1. The van der Waals surface area contributed by atoms with E-state index in [1.165, 1.54) is 5.56 Å². The van der Waals surface area contributed by atoms with E-state index in [2.05, 4.69) is 44.3 Å². The van der Waals surface area contributed by atoms with Crippen LogP contribution in [-0.2, 0) is 0 Å². The quantitative estimate of drug-likeness (QED) is 0.825. The number of benzene rings is 2. The van der Waals surface area contributed by atoms with Crippen LogP contribution in [0.25, 0.3) is 0 Å². The minimum atomic E-state index is 0.0730. The number of aryl methyl sites for hydroxylation is 2. The zero-order chi connectivity index (χ0) is 15.4. The predicted molar refractivity (Wildman–Crippen MR) is 90.7 cm³/mol. The summed E-state index contributed by atoms with van der Waals surface area (Å²) < 4.78 is 6.02. The number of ether oxygens (including phenoxy) is 1. The third-order valence-corrected chi connectivity index (χ3v) is 3.93. The number of hydrogen-bond acceptors (Lipinski definition) is 2. The van der Waals surface area contributed by atoms with E-state index in [9.17, 15) is 0 Å². The minimum Gasteiger partial charge on any atom is -0.489 e. The first-order chi connectivity index (χ1) is 9.97. The summed E-state index contributed by atoms with van der Waals surface area (Å²) in [5.74, 6) is 0.951. The molecular formula is C18H22ClNO. The summed E-state index contributed by atoms with van der Waals surface area (Å²) >= 11 is 6.13. The normalized spacial score (nSPS) is 12.0. The van der Waals surface area contributed by atoms with E-state index < -0.39 is 0 Å². The van der Waals surface area contributed by atoms with E-state index >= 15 is 0 Å². The van der Waals surface area contributed by atoms with Gasteiger partial charge in [-0.25, -0.2) is 0 Å². The Kier molecular flexibility index (Phi) is 5.13. The fourth-order valence-corrected chi connectivity index (χ4v) is 2.32. The molecule has 2 nitrogen and oxygen atoms in total. The summed E-state index contributed by atoms with van der Waals surface area (Å²) in [5.41, 5.74) is 4.49. The largest absolute Gasteiger partial charge is 0.489 e. The van der Waals surface area contributed by atoms with Crippen molar-refractivity contribution in [2.24, 2.45) is 0 Å². The van der Waals surface area contributed by atoms with E-state index in [0.717, 1.165) is 34.1 Å². The molecule has 0 bridgehead atoms. The van der Waals surface area contributed by atoms with Crippen LogP contribution in [0, 0.1) is 20.8 Å². The highest BCUT2D eigenvalue weighted by atomic mass is 35.5. The van der Waals surface area contributed by atoms with Gasteiger partial charge >= 0.3 is 0 Å². The Bertz CT molecular complexity index is 625. The smallest absolute Gasteiger partial charge is 0.122 e. The Labute approximate surface area is 132 Å². The van der Waals surface area contributed by atoms with Crippen molar-refractivity contribution < 1.29 is 4.74 Å². The molecule has 0 saturated carbocycles. The van der Waals surface area contributed by atoms with Crippen molar-refractivity contribution in [3.8, 4) is 5.75 Å². The van der Waals surface area contributed by atoms with Gasteiger partial charge < -0.3 is 10.1 Å². The van der Waals surface area contributed by atoms with Crippen molar-refractivity contribution >= 4 is 17.3 Å². The van der Waals surface area contributed by atoms with E-state index in [4.69, 9.17) is 16.3 Å². The number of rotatable bonds is 5. The highest BCUT2D eigenvalue weighted by molar-refractivity contribution is 6.31. The molecule has 0 amide bonds. The fraction of sp³-hybridized carbons (Fsp3) is 0.333. The molecule has 2 aromatic carbocycles. The molecule has 0 spiro atoms. The van der Waals surface area contributed by atoms with Crippen molar-refractivity contribution in [1.82, 2.24) is 0 Å². The lowest BCUT2D eigenvalue weighted by molar-refractivity contribution is 0.233. The maximum atomic E-state index is 6.13. The molecule has 1 unspecified atom stereocenters. The summed E-state index contributed by atoms with van der Waals surface area (Å²) in [6.07, 6.45) is 0.0730. The maximum Gasteiger partial charge on any atom is 0.122 e. The average molecular weight is 304 g/mol. The zero-order valence-corrected chi connectivity index (χ0v) is 13.8. The highest BCUT2D eigenvalue weighted by Gasteiger charge is 2.08. The van der Waals surface area contributed by atoms with Gasteiger partial charge in [0.15, 0.2) is 0 Å². The lowest BCUT2D eigenvalue weighted by Gasteiger charge is -2.19. The average Bonchev–Trinajstić information content (AvgIpc) is 2.44. The second kappa shape index (κ2) is 6.86. The summed E-state index contributed by atoms with van der Waals surface area (Å²) in [4.78, 5) is 0. The number of nitrogens with one attached hydrogen (secondary N) is 1. The van der Waals surface area contributed by atoms with Crippen LogP contribution in [0.4, 0.5) is 5.69 Å². The highest BCUT2D eigenvalue weighted by Crippen LogP contribution is 2.24. The molecule has 21 heavy (non-hydrogen) atoms. The molecule has 2 rings (SSSR count). The second-order valence-corrected chi connectivity index (χ2v) is 5.90. The summed E-state index contributed by atoms with van der Waals surface area (Å²) in [6, 6.07) is 12.2. The Balaban J connectivity index is 1.97. The number of halogens is 1. The first-order valence-electron chi connectivity index (χ1n) is 7.20. The fourth-order valence-electron chi connectivity index (χ4n) is 2.15. The van der Waals surface area contributed by atoms with Gasteiger partial charge in [0.2, 0.25) is 0 Å². The van der Waals surface area contributed by atoms with Gasteiger partial charge in [0.1, 0.15) is 11.9 Å². The number of hydrogen-bond donors (Lipinski definition) is 1. The van der Waals surface area contributed by atoms with Gasteiger partial charge in [-0.15, -0.1) is 0 Å². The van der Waals surface area contributed by atoms with Crippen LogP contribution in [0.15, 0.2) is 36.4 Å². The Morgan fingerprint density at radius 3 is 2.67 bits per heavy atom. The van der Waals surface area contributed by atoms with Crippen LogP contribution in [0.1, 0.15) is 23.6 Å². The van der Waals surface area contributed by atoms with E-state index in [0.29, 0.717) is 0 Å². The Morgan fingerprint density at radius 2 is 1.90 bits per heavy atom. The molecule has 0 radical (unpaired) electrons. The summed E-state index contributed by atoms with van der Waals surface area (Å²) in [7, 11) is 0. The Morgan fingerprint density at radius 1 is 1.14 bits per heavy atom. The first-order valence-corrected chi connectivity index (χ1v) is 7.58. The van der Waals surface area contributed by atoms with Crippen molar-refractivity contribution in [2.75, 3.05) is 11.9 Å². The molecule has 0 fully saturated rings. The lowest BCUT2D eigenvalue weighted by atomic mass is 10.1. The molecule has 3 heteroatoms. The molecule has 1 atom stereocenters. The maximum absolute atomic E-state index is 6.13. The van der Waals surface area contributed by atoms with Crippen LogP contribution >= 0.6 is 11.6 Å². The standard InChI is InChI=1S/C18H22ClNO/c1-12-8-9-13(2)18(10-12)21-14(3)11-20-17-7-5-6-16(19)15(17)4/h5-10,14,20H,11H2,1-4H3. The third-order valence-electron chi connectivity index (χ3n) is 3.52. The van der Waals surface area contributed by atoms with Gasteiger partial charge in [0.05, 0.1) is 6.54 Å². The van der Waals surface area contributed by atoms with Crippen LogP contribution < -0.4 is 10.1 Å². The van der Waals surface area contributed by atoms with Gasteiger partial charge in [-0.1, -0.05) is 29.8 Å². The van der Waals surface area contributed by atoms with Crippen LogP contribution in [-0.4, -0.2) is 12.6 Å². The van der Waals surface area contributed by atoms with Gasteiger partial charge in [-0.3, -0.25) is 0 Å². The van der Waals surface area contributed by atoms with Gasteiger partial charge in [-0.2, -0.15) is 0 Å². The van der Waals surface area contributed by atoms with Gasteiger partial charge in [-0.05, 0) is 62.6 Å². The van der Waals surface area contributed by atoms with E-state index in [-0.39, 0.29) is 6.10 Å². The molecule has 112 valence electrons. The van der Waals surface area contributed by atoms with Crippen LogP contribution in [0.3, 0.4) is 0 Å². The van der Waals surface area contributed by atoms with Gasteiger partial charge in [0.25, 0.3) is 0 Å². The summed E-state index contributed by atoms with van der Waals surface area (Å²) in [5, 5.41) is 4.18. The molecule has 0 saturated heterocycles. The lowest BCUT2D eigenvalue weighted by Crippen LogP contribution is -2.23. The first kappa shape index (κ1) is 15.7. The van der Waals surface area contributed by atoms with Crippen LogP contribution in [0.5, 0.6) is 5.75 Å². The van der Waals surface area contributed by atoms with Crippen LogP contribution in [0.2, 0.25) is 5.02 Å². The number of anilines is 1. The molecule has 0 aliphatic heterocycles. The van der Waals surface area contributed by atoms with Gasteiger partial charge in [0, 0.05) is 10.7 Å². The second-order valence-electron chi connectivity index (χ2n) is 5.49. The molecule has 0 aliphatic rings. The molecule has 0 aromatic heterocycles. The Hall–Kier alpha value is -1.67. The molecule has 0 aliphatic carbocycles. The monoisotopic (exact) mass is 303 g/mol.